The third kappa shape index (κ3) is 2.23. The van der Waals surface area contributed by atoms with Crippen LogP contribution in [-0.2, 0) is 6.42 Å². The molecule has 0 bridgehead atoms. The van der Waals surface area contributed by atoms with Crippen LogP contribution in [0.1, 0.15) is 43.7 Å². The van der Waals surface area contributed by atoms with Crippen molar-refractivity contribution in [3.63, 3.8) is 0 Å². The van der Waals surface area contributed by atoms with E-state index in [1.807, 2.05) is 0 Å². The van der Waals surface area contributed by atoms with Crippen molar-refractivity contribution in [3.8, 4) is 0 Å². The summed E-state index contributed by atoms with van der Waals surface area (Å²) in [4.78, 5) is 0. The highest BCUT2D eigenvalue weighted by atomic mass is 14.9. The molecule has 1 aliphatic carbocycles. The standard InChI is InChI=1S/C14H21N/c1-3-10-15-11(2)13-9-8-12-6-4-5-7-14(12)13/h4-7,11,13,15H,3,8-10H2,1-2H3. The molecule has 1 aromatic rings. The van der Waals surface area contributed by atoms with E-state index in [1.165, 1.54) is 19.3 Å². The molecule has 1 aromatic carbocycles. The van der Waals surface area contributed by atoms with Gasteiger partial charge >= 0.3 is 0 Å². The van der Waals surface area contributed by atoms with E-state index < -0.39 is 0 Å². The summed E-state index contributed by atoms with van der Waals surface area (Å²) in [6.45, 7) is 5.69. The van der Waals surface area contributed by atoms with Crippen LogP contribution in [0.3, 0.4) is 0 Å². The van der Waals surface area contributed by atoms with Crippen LogP contribution in [0.2, 0.25) is 0 Å². The lowest BCUT2D eigenvalue weighted by Crippen LogP contribution is -2.31. The summed E-state index contributed by atoms with van der Waals surface area (Å²) >= 11 is 0. The molecular formula is C14H21N. The van der Waals surface area contributed by atoms with Crippen molar-refractivity contribution in [2.24, 2.45) is 0 Å². The van der Waals surface area contributed by atoms with Gasteiger partial charge in [-0.2, -0.15) is 0 Å². The molecule has 2 atom stereocenters. The molecule has 1 nitrogen and oxygen atoms in total. The highest BCUT2D eigenvalue weighted by Crippen LogP contribution is 2.34. The summed E-state index contributed by atoms with van der Waals surface area (Å²) in [6, 6.07) is 9.53. The Kier molecular flexibility index (Phi) is 3.42. The first-order valence-corrected chi connectivity index (χ1v) is 6.14. The van der Waals surface area contributed by atoms with Gasteiger partial charge in [-0.05, 0) is 49.8 Å². The number of fused-ring (bicyclic) bond motifs is 1. The Morgan fingerprint density at radius 1 is 1.40 bits per heavy atom. The smallest absolute Gasteiger partial charge is 0.0108 e. The predicted octanol–water partition coefficient (Wildman–Crippen LogP) is 3.10. The highest BCUT2D eigenvalue weighted by Gasteiger charge is 2.26. The van der Waals surface area contributed by atoms with Crippen molar-refractivity contribution in [1.82, 2.24) is 5.32 Å². The number of aryl methyl sites for hydroxylation is 1. The van der Waals surface area contributed by atoms with Crippen molar-refractivity contribution in [1.29, 1.82) is 0 Å². The average Bonchev–Trinajstić information content (AvgIpc) is 2.69. The van der Waals surface area contributed by atoms with E-state index in [4.69, 9.17) is 0 Å². The number of nitrogens with one attached hydrogen (secondary N) is 1. The van der Waals surface area contributed by atoms with Gasteiger partial charge in [0.2, 0.25) is 0 Å². The SMILES string of the molecule is CCCNC(C)C1CCc2ccccc21. The van der Waals surface area contributed by atoms with Crippen molar-refractivity contribution in [2.75, 3.05) is 6.54 Å². The van der Waals surface area contributed by atoms with E-state index in [2.05, 4.69) is 43.4 Å². The van der Waals surface area contributed by atoms with E-state index in [1.54, 1.807) is 11.1 Å². The maximum Gasteiger partial charge on any atom is 0.0108 e. The van der Waals surface area contributed by atoms with Gasteiger partial charge in [-0.3, -0.25) is 0 Å². The quantitative estimate of drug-likeness (QED) is 0.793. The minimum atomic E-state index is 0.619. The van der Waals surface area contributed by atoms with Crippen molar-refractivity contribution in [2.45, 2.75) is 45.1 Å². The molecule has 1 heteroatoms. The first-order valence-electron chi connectivity index (χ1n) is 6.14. The van der Waals surface area contributed by atoms with Gasteiger partial charge in [0, 0.05) is 6.04 Å². The molecule has 0 aromatic heterocycles. The first kappa shape index (κ1) is 10.7. The Hall–Kier alpha value is -0.820. The summed E-state index contributed by atoms with van der Waals surface area (Å²) in [5, 5.41) is 3.62. The molecule has 0 spiro atoms. The van der Waals surface area contributed by atoms with Gasteiger partial charge in [0.15, 0.2) is 0 Å². The molecule has 15 heavy (non-hydrogen) atoms. The molecule has 0 amide bonds. The summed E-state index contributed by atoms with van der Waals surface area (Å²) in [5.41, 5.74) is 3.14. The third-order valence-corrected chi connectivity index (χ3v) is 3.50. The molecule has 2 unspecified atom stereocenters. The highest BCUT2D eigenvalue weighted by molar-refractivity contribution is 5.35. The largest absolute Gasteiger partial charge is 0.314 e. The molecule has 1 N–H and O–H groups in total. The number of rotatable bonds is 4. The van der Waals surface area contributed by atoms with E-state index >= 15 is 0 Å². The van der Waals surface area contributed by atoms with Crippen LogP contribution in [0.4, 0.5) is 0 Å². The van der Waals surface area contributed by atoms with Crippen LogP contribution in [0, 0.1) is 0 Å². The van der Waals surface area contributed by atoms with E-state index in [0.717, 1.165) is 12.5 Å². The van der Waals surface area contributed by atoms with Gasteiger partial charge in [0.1, 0.15) is 0 Å². The van der Waals surface area contributed by atoms with Gasteiger partial charge in [-0.15, -0.1) is 0 Å². The Morgan fingerprint density at radius 3 is 3.00 bits per heavy atom. The maximum absolute atomic E-state index is 3.62. The first-order chi connectivity index (χ1) is 7.33. The van der Waals surface area contributed by atoms with Crippen LogP contribution >= 0.6 is 0 Å². The number of hydrogen-bond acceptors (Lipinski definition) is 1. The van der Waals surface area contributed by atoms with Gasteiger partial charge in [-0.1, -0.05) is 31.2 Å². The summed E-state index contributed by atoms with van der Waals surface area (Å²) < 4.78 is 0. The Morgan fingerprint density at radius 2 is 2.20 bits per heavy atom. The molecule has 0 saturated heterocycles. The molecule has 0 heterocycles. The summed E-state index contributed by atoms with van der Waals surface area (Å²) in [6.07, 6.45) is 3.80. The molecule has 0 saturated carbocycles. The van der Waals surface area contributed by atoms with Crippen molar-refractivity contribution in [3.05, 3.63) is 35.4 Å². The monoisotopic (exact) mass is 203 g/mol. The second-order valence-corrected chi connectivity index (χ2v) is 4.59. The molecule has 0 aliphatic heterocycles. The lowest BCUT2D eigenvalue weighted by Gasteiger charge is -2.21. The zero-order valence-corrected chi connectivity index (χ0v) is 9.79. The topological polar surface area (TPSA) is 12.0 Å². The third-order valence-electron chi connectivity index (χ3n) is 3.50. The Labute approximate surface area is 92.9 Å². The summed E-state index contributed by atoms with van der Waals surface area (Å²) in [7, 11) is 0. The van der Waals surface area contributed by atoms with E-state index in [-0.39, 0.29) is 0 Å². The van der Waals surface area contributed by atoms with Crippen LogP contribution in [-0.4, -0.2) is 12.6 Å². The van der Waals surface area contributed by atoms with Crippen LogP contribution in [0.5, 0.6) is 0 Å². The molecule has 82 valence electrons. The second kappa shape index (κ2) is 4.80. The predicted molar refractivity (Wildman–Crippen MR) is 65.3 cm³/mol. The molecule has 0 fully saturated rings. The van der Waals surface area contributed by atoms with Crippen LogP contribution in [0.25, 0.3) is 0 Å². The lowest BCUT2D eigenvalue weighted by molar-refractivity contribution is 0.457. The zero-order valence-electron chi connectivity index (χ0n) is 9.79. The van der Waals surface area contributed by atoms with Gasteiger partial charge in [-0.25, -0.2) is 0 Å². The van der Waals surface area contributed by atoms with Crippen molar-refractivity contribution < 1.29 is 0 Å². The fourth-order valence-electron chi connectivity index (χ4n) is 2.62. The van der Waals surface area contributed by atoms with E-state index in [9.17, 15) is 0 Å². The second-order valence-electron chi connectivity index (χ2n) is 4.59. The number of benzene rings is 1. The van der Waals surface area contributed by atoms with Crippen LogP contribution in [0.15, 0.2) is 24.3 Å². The van der Waals surface area contributed by atoms with Gasteiger partial charge < -0.3 is 5.32 Å². The van der Waals surface area contributed by atoms with Gasteiger partial charge in [0.05, 0.1) is 0 Å². The minimum Gasteiger partial charge on any atom is -0.314 e. The maximum atomic E-state index is 3.62. The fraction of sp³-hybridized carbons (Fsp3) is 0.571. The van der Waals surface area contributed by atoms with Crippen LogP contribution < -0.4 is 5.32 Å². The Balaban J connectivity index is 2.06. The van der Waals surface area contributed by atoms with Gasteiger partial charge in [0.25, 0.3) is 0 Å². The lowest BCUT2D eigenvalue weighted by atomic mass is 9.94. The molecular weight excluding hydrogens is 182 g/mol. The van der Waals surface area contributed by atoms with Crippen molar-refractivity contribution >= 4 is 0 Å². The fourth-order valence-corrected chi connectivity index (χ4v) is 2.62. The molecule has 2 rings (SSSR count). The molecule has 0 radical (unpaired) electrons. The van der Waals surface area contributed by atoms with E-state index in [0.29, 0.717) is 6.04 Å². The number of hydrogen-bond donors (Lipinski definition) is 1. The Bertz CT molecular complexity index is 319. The normalized spacial score (nSPS) is 21.3. The average molecular weight is 203 g/mol. The minimum absolute atomic E-state index is 0.619. The zero-order chi connectivity index (χ0) is 10.7. The molecule has 1 aliphatic rings. The summed E-state index contributed by atoms with van der Waals surface area (Å²) in [5.74, 6) is 0.729.